The second-order valence-corrected chi connectivity index (χ2v) is 6.75. The lowest BCUT2D eigenvalue weighted by Gasteiger charge is -2.14. The normalized spacial score (nSPS) is 10.3. The molecule has 0 bridgehead atoms. The number of nitrogens with one attached hydrogen (secondary N) is 1. The molecule has 0 aliphatic carbocycles. The van der Waals surface area contributed by atoms with E-state index in [0.29, 0.717) is 33.5 Å². The van der Waals surface area contributed by atoms with E-state index in [2.05, 4.69) is 5.32 Å². The Morgan fingerprint density at radius 2 is 1.63 bits per heavy atom. The number of hydrogen-bond donors (Lipinski definition) is 1. The SMILES string of the molecule is COC(=O)c1sc(NC(=O)CCc2cc(OC)c(OC)c(OC)c2)cc1C. The third-order valence-corrected chi connectivity index (χ3v) is 5.05. The van der Waals surface area contributed by atoms with Crippen molar-refractivity contribution < 1.29 is 28.5 Å². The van der Waals surface area contributed by atoms with Gasteiger partial charge in [-0.05, 0) is 42.7 Å². The summed E-state index contributed by atoms with van der Waals surface area (Å²) in [6.07, 6.45) is 0.764. The van der Waals surface area contributed by atoms with E-state index in [1.54, 1.807) is 34.3 Å². The van der Waals surface area contributed by atoms with Crippen molar-refractivity contribution >= 4 is 28.2 Å². The first kappa shape index (κ1) is 20.6. The maximum atomic E-state index is 12.3. The van der Waals surface area contributed by atoms with Crippen molar-refractivity contribution in [2.75, 3.05) is 33.8 Å². The van der Waals surface area contributed by atoms with E-state index < -0.39 is 5.97 Å². The molecule has 1 N–H and O–H groups in total. The quantitative estimate of drug-likeness (QED) is 0.692. The molecule has 0 spiro atoms. The number of aryl methyl sites for hydroxylation is 2. The van der Waals surface area contributed by atoms with E-state index in [1.807, 2.05) is 12.1 Å². The number of benzene rings is 1. The van der Waals surface area contributed by atoms with Gasteiger partial charge in [-0.1, -0.05) is 0 Å². The Morgan fingerprint density at radius 1 is 1.00 bits per heavy atom. The van der Waals surface area contributed by atoms with Gasteiger partial charge in [0, 0.05) is 6.42 Å². The van der Waals surface area contributed by atoms with Crippen LogP contribution in [0.5, 0.6) is 17.2 Å². The van der Waals surface area contributed by atoms with E-state index in [4.69, 9.17) is 18.9 Å². The highest BCUT2D eigenvalue weighted by molar-refractivity contribution is 7.18. The summed E-state index contributed by atoms with van der Waals surface area (Å²) < 4.78 is 20.7. The largest absolute Gasteiger partial charge is 0.493 e. The Kier molecular flexibility index (Phi) is 7.06. The number of carbonyl (C=O) groups is 2. The highest BCUT2D eigenvalue weighted by Gasteiger charge is 2.16. The van der Waals surface area contributed by atoms with Crippen LogP contribution in [-0.4, -0.2) is 40.3 Å². The van der Waals surface area contributed by atoms with Gasteiger partial charge in [0.05, 0.1) is 33.4 Å². The lowest BCUT2D eigenvalue weighted by Crippen LogP contribution is -2.11. The summed E-state index contributed by atoms with van der Waals surface area (Å²) in [7, 11) is 5.97. The minimum absolute atomic E-state index is 0.151. The average Bonchev–Trinajstić information content (AvgIpc) is 3.04. The Hall–Kier alpha value is -2.74. The molecule has 0 unspecified atom stereocenters. The molecule has 0 saturated carbocycles. The van der Waals surface area contributed by atoms with Gasteiger partial charge < -0.3 is 24.3 Å². The monoisotopic (exact) mass is 393 g/mol. The van der Waals surface area contributed by atoms with Crippen LogP contribution in [0.3, 0.4) is 0 Å². The molecule has 146 valence electrons. The summed E-state index contributed by atoms with van der Waals surface area (Å²) in [5.74, 6) is 1.04. The third kappa shape index (κ3) is 4.91. The maximum Gasteiger partial charge on any atom is 0.348 e. The fourth-order valence-electron chi connectivity index (χ4n) is 2.58. The number of methoxy groups -OCH3 is 4. The van der Waals surface area contributed by atoms with Crippen LogP contribution in [0.4, 0.5) is 5.00 Å². The number of ether oxygens (including phenoxy) is 4. The van der Waals surface area contributed by atoms with Gasteiger partial charge in [0.1, 0.15) is 4.88 Å². The van der Waals surface area contributed by atoms with Gasteiger partial charge >= 0.3 is 5.97 Å². The van der Waals surface area contributed by atoms with Crippen molar-refractivity contribution in [3.05, 3.63) is 34.2 Å². The van der Waals surface area contributed by atoms with Gasteiger partial charge in [0.25, 0.3) is 0 Å². The van der Waals surface area contributed by atoms with Crippen molar-refractivity contribution in [3.63, 3.8) is 0 Å². The zero-order valence-electron chi connectivity index (χ0n) is 16.0. The first-order valence-corrected chi connectivity index (χ1v) is 9.02. The number of rotatable bonds is 8. The molecule has 0 saturated heterocycles. The van der Waals surface area contributed by atoms with Crippen molar-refractivity contribution in [3.8, 4) is 17.2 Å². The fourth-order valence-corrected chi connectivity index (χ4v) is 3.58. The van der Waals surface area contributed by atoms with Gasteiger partial charge in [-0.3, -0.25) is 4.79 Å². The zero-order chi connectivity index (χ0) is 20.0. The Labute approximate surface area is 162 Å². The Morgan fingerprint density at radius 3 is 2.15 bits per heavy atom. The summed E-state index contributed by atoms with van der Waals surface area (Å²) in [5.41, 5.74) is 1.66. The first-order valence-electron chi connectivity index (χ1n) is 8.21. The molecule has 1 aromatic carbocycles. The molecule has 0 aliphatic rings. The molecule has 2 aromatic rings. The lowest BCUT2D eigenvalue weighted by atomic mass is 10.1. The molecule has 1 heterocycles. The van der Waals surface area contributed by atoms with Crippen LogP contribution in [-0.2, 0) is 16.0 Å². The summed E-state index contributed by atoms with van der Waals surface area (Å²) in [6.45, 7) is 1.80. The molecular weight excluding hydrogens is 370 g/mol. The van der Waals surface area contributed by atoms with Crippen LogP contribution in [0.15, 0.2) is 18.2 Å². The highest BCUT2D eigenvalue weighted by atomic mass is 32.1. The first-order chi connectivity index (χ1) is 12.9. The Bertz CT molecular complexity index is 805. The smallest absolute Gasteiger partial charge is 0.348 e. The minimum atomic E-state index is -0.407. The fraction of sp³-hybridized carbons (Fsp3) is 0.368. The van der Waals surface area contributed by atoms with Gasteiger partial charge in [-0.15, -0.1) is 11.3 Å². The number of hydrogen-bond acceptors (Lipinski definition) is 7. The number of amides is 1. The number of carbonyl (C=O) groups excluding carboxylic acids is 2. The molecule has 7 nitrogen and oxygen atoms in total. The van der Waals surface area contributed by atoms with Crippen LogP contribution in [0.1, 0.15) is 27.2 Å². The molecule has 2 rings (SSSR count). The predicted molar refractivity (Wildman–Crippen MR) is 103 cm³/mol. The number of anilines is 1. The van der Waals surface area contributed by atoms with Gasteiger partial charge in [0.15, 0.2) is 11.5 Å². The van der Waals surface area contributed by atoms with Gasteiger partial charge in [-0.2, -0.15) is 0 Å². The van der Waals surface area contributed by atoms with Crippen molar-refractivity contribution in [1.29, 1.82) is 0 Å². The molecule has 0 fully saturated rings. The summed E-state index contributed by atoms with van der Waals surface area (Å²) in [6, 6.07) is 5.40. The standard InChI is InChI=1S/C19H23NO6S/c1-11-8-16(27-18(11)19(22)26-5)20-15(21)7-6-12-9-13(23-2)17(25-4)14(10-12)24-3/h8-10H,6-7H2,1-5H3,(H,20,21). The second kappa shape index (κ2) is 9.27. The molecular formula is C19H23NO6S. The van der Waals surface area contributed by atoms with E-state index in [1.165, 1.54) is 18.4 Å². The van der Waals surface area contributed by atoms with Crippen LogP contribution in [0, 0.1) is 6.92 Å². The van der Waals surface area contributed by atoms with Crippen LogP contribution in [0.2, 0.25) is 0 Å². The second-order valence-electron chi connectivity index (χ2n) is 5.70. The molecule has 0 aliphatic heterocycles. The van der Waals surface area contributed by atoms with Crippen LogP contribution < -0.4 is 19.5 Å². The summed E-state index contributed by atoms with van der Waals surface area (Å²) in [4.78, 5) is 24.4. The van der Waals surface area contributed by atoms with Crippen LogP contribution in [0.25, 0.3) is 0 Å². The van der Waals surface area contributed by atoms with Gasteiger partial charge in [0.2, 0.25) is 11.7 Å². The summed E-state index contributed by atoms with van der Waals surface area (Å²) in [5, 5.41) is 3.43. The van der Waals surface area contributed by atoms with E-state index in [0.717, 1.165) is 11.1 Å². The third-order valence-electron chi connectivity index (χ3n) is 3.92. The van der Waals surface area contributed by atoms with Crippen molar-refractivity contribution in [1.82, 2.24) is 0 Å². The zero-order valence-corrected chi connectivity index (χ0v) is 16.8. The van der Waals surface area contributed by atoms with Crippen molar-refractivity contribution in [2.45, 2.75) is 19.8 Å². The average molecular weight is 393 g/mol. The Balaban J connectivity index is 2.04. The molecule has 0 atom stereocenters. The van der Waals surface area contributed by atoms with E-state index in [9.17, 15) is 9.59 Å². The minimum Gasteiger partial charge on any atom is -0.493 e. The molecule has 1 aromatic heterocycles. The molecule has 27 heavy (non-hydrogen) atoms. The van der Waals surface area contributed by atoms with Gasteiger partial charge in [-0.25, -0.2) is 4.79 Å². The predicted octanol–water partition coefficient (Wildman–Crippen LogP) is 3.44. The maximum absolute atomic E-state index is 12.3. The number of thiophene rings is 1. The molecule has 8 heteroatoms. The lowest BCUT2D eigenvalue weighted by molar-refractivity contribution is -0.116. The van der Waals surface area contributed by atoms with Crippen LogP contribution >= 0.6 is 11.3 Å². The molecule has 0 radical (unpaired) electrons. The van der Waals surface area contributed by atoms with E-state index >= 15 is 0 Å². The number of esters is 1. The highest BCUT2D eigenvalue weighted by Crippen LogP contribution is 2.38. The van der Waals surface area contributed by atoms with Crippen molar-refractivity contribution in [2.24, 2.45) is 0 Å². The topological polar surface area (TPSA) is 83.1 Å². The summed E-state index contributed by atoms with van der Waals surface area (Å²) >= 11 is 1.20. The van der Waals surface area contributed by atoms with E-state index in [-0.39, 0.29) is 12.3 Å². The molecule has 1 amide bonds.